The Balaban J connectivity index is 0.00000192. The Morgan fingerprint density at radius 1 is 1.30 bits per heavy atom. The molecule has 126 valence electrons. The first-order chi connectivity index (χ1) is 10.7. The largest absolute Gasteiger partial charge is 0.454 e. The SMILES string of the molecule is Cl.NCC(=O)NCC(=O)N1CCCC1c1ccc2c(c1)OCO2. The number of hydrogen-bond donors (Lipinski definition) is 2. The zero-order valence-corrected chi connectivity index (χ0v) is 13.4. The third kappa shape index (κ3) is 3.68. The highest BCUT2D eigenvalue weighted by atomic mass is 35.5. The maximum atomic E-state index is 12.3. The van der Waals surface area contributed by atoms with Crippen molar-refractivity contribution in [2.45, 2.75) is 18.9 Å². The van der Waals surface area contributed by atoms with Crippen LogP contribution in [0.1, 0.15) is 24.4 Å². The van der Waals surface area contributed by atoms with E-state index in [-0.39, 0.29) is 50.1 Å². The summed E-state index contributed by atoms with van der Waals surface area (Å²) in [4.78, 5) is 25.3. The molecule has 2 aliphatic rings. The second kappa shape index (κ2) is 7.52. The van der Waals surface area contributed by atoms with Crippen LogP contribution >= 0.6 is 12.4 Å². The molecular formula is C15H20ClN3O4. The van der Waals surface area contributed by atoms with Crippen molar-refractivity contribution in [1.82, 2.24) is 10.2 Å². The highest BCUT2D eigenvalue weighted by Gasteiger charge is 2.30. The number of fused-ring (bicyclic) bond motifs is 1. The van der Waals surface area contributed by atoms with Crippen molar-refractivity contribution in [3.63, 3.8) is 0 Å². The number of benzene rings is 1. The van der Waals surface area contributed by atoms with Crippen molar-refractivity contribution < 1.29 is 19.1 Å². The van der Waals surface area contributed by atoms with E-state index < -0.39 is 0 Å². The van der Waals surface area contributed by atoms with Crippen molar-refractivity contribution >= 4 is 24.2 Å². The van der Waals surface area contributed by atoms with Gasteiger partial charge < -0.3 is 25.4 Å². The highest BCUT2D eigenvalue weighted by Crippen LogP contribution is 2.38. The first kappa shape index (κ1) is 17.4. The third-order valence-electron chi connectivity index (χ3n) is 3.98. The van der Waals surface area contributed by atoms with E-state index in [2.05, 4.69) is 5.32 Å². The Hall–Kier alpha value is -1.99. The first-order valence-electron chi connectivity index (χ1n) is 7.35. The minimum Gasteiger partial charge on any atom is -0.454 e. The predicted octanol–water partition coefficient (Wildman–Crippen LogP) is 0.575. The lowest BCUT2D eigenvalue weighted by atomic mass is 10.0. The zero-order valence-electron chi connectivity index (χ0n) is 12.6. The zero-order chi connectivity index (χ0) is 15.5. The molecule has 0 radical (unpaired) electrons. The number of halogens is 1. The number of amides is 2. The van der Waals surface area contributed by atoms with E-state index in [0.29, 0.717) is 12.3 Å². The summed E-state index contributed by atoms with van der Waals surface area (Å²) < 4.78 is 10.7. The number of rotatable bonds is 4. The molecule has 23 heavy (non-hydrogen) atoms. The second-order valence-electron chi connectivity index (χ2n) is 5.34. The summed E-state index contributed by atoms with van der Waals surface area (Å²) in [6, 6.07) is 5.77. The fourth-order valence-electron chi connectivity index (χ4n) is 2.88. The van der Waals surface area contributed by atoms with E-state index in [9.17, 15) is 9.59 Å². The fourth-order valence-corrected chi connectivity index (χ4v) is 2.88. The number of carbonyl (C=O) groups excluding carboxylic acids is 2. The molecule has 0 aliphatic carbocycles. The van der Waals surface area contributed by atoms with Gasteiger partial charge in [-0.3, -0.25) is 9.59 Å². The molecule has 2 aliphatic heterocycles. The topological polar surface area (TPSA) is 93.9 Å². The third-order valence-corrected chi connectivity index (χ3v) is 3.98. The molecule has 3 N–H and O–H groups in total. The summed E-state index contributed by atoms with van der Waals surface area (Å²) in [5, 5.41) is 2.52. The van der Waals surface area contributed by atoms with Gasteiger partial charge in [-0.15, -0.1) is 12.4 Å². The van der Waals surface area contributed by atoms with Crippen LogP contribution in [0, 0.1) is 0 Å². The number of nitrogens with two attached hydrogens (primary N) is 1. The minimum atomic E-state index is -0.327. The van der Waals surface area contributed by atoms with Gasteiger partial charge in [-0.2, -0.15) is 0 Å². The van der Waals surface area contributed by atoms with Gasteiger partial charge in [-0.05, 0) is 30.5 Å². The minimum absolute atomic E-state index is 0. The van der Waals surface area contributed by atoms with Gasteiger partial charge in [0.15, 0.2) is 11.5 Å². The maximum Gasteiger partial charge on any atom is 0.242 e. The molecule has 8 heteroatoms. The molecular weight excluding hydrogens is 322 g/mol. The van der Waals surface area contributed by atoms with Crippen LogP contribution in [-0.4, -0.2) is 43.1 Å². The van der Waals surface area contributed by atoms with E-state index in [1.54, 1.807) is 4.90 Å². The summed E-state index contributed by atoms with van der Waals surface area (Å²) in [6.07, 6.45) is 1.84. The van der Waals surface area contributed by atoms with Crippen LogP contribution < -0.4 is 20.5 Å². The summed E-state index contributed by atoms with van der Waals surface area (Å²) in [5.74, 6) is 1.03. The van der Waals surface area contributed by atoms with Gasteiger partial charge in [0.1, 0.15) is 0 Å². The lowest BCUT2D eigenvalue weighted by molar-refractivity contribution is -0.133. The average molecular weight is 342 g/mol. The van der Waals surface area contributed by atoms with Gasteiger partial charge in [-0.1, -0.05) is 6.07 Å². The summed E-state index contributed by atoms with van der Waals surface area (Å²) >= 11 is 0. The van der Waals surface area contributed by atoms with Gasteiger partial charge in [0, 0.05) is 6.54 Å². The molecule has 0 saturated carbocycles. The molecule has 0 bridgehead atoms. The van der Waals surface area contributed by atoms with Crippen LogP contribution in [0.15, 0.2) is 18.2 Å². The predicted molar refractivity (Wildman–Crippen MR) is 85.6 cm³/mol. The molecule has 2 heterocycles. The Bertz CT molecular complexity index is 596. The van der Waals surface area contributed by atoms with Crippen LogP contribution in [0.25, 0.3) is 0 Å². The molecule has 1 fully saturated rings. The lowest BCUT2D eigenvalue weighted by Crippen LogP contribution is -2.41. The molecule has 1 unspecified atom stereocenters. The molecule has 3 rings (SSSR count). The maximum absolute atomic E-state index is 12.3. The molecule has 1 aromatic rings. The van der Waals surface area contributed by atoms with Gasteiger partial charge in [-0.25, -0.2) is 0 Å². The molecule has 0 aromatic heterocycles. The van der Waals surface area contributed by atoms with Crippen LogP contribution in [0.4, 0.5) is 0 Å². The Labute approximate surface area is 140 Å². The number of ether oxygens (including phenoxy) is 2. The van der Waals surface area contributed by atoms with Crippen LogP contribution in [0.5, 0.6) is 11.5 Å². The van der Waals surface area contributed by atoms with Crippen molar-refractivity contribution in [2.24, 2.45) is 5.73 Å². The Morgan fingerprint density at radius 3 is 2.87 bits per heavy atom. The van der Waals surface area contributed by atoms with Crippen molar-refractivity contribution in [2.75, 3.05) is 26.4 Å². The first-order valence-corrected chi connectivity index (χ1v) is 7.35. The van der Waals surface area contributed by atoms with Gasteiger partial charge >= 0.3 is 0 Å². The second-order valence-corrected chi connectivity index (χ2v) is 5.34. The van der Waals surface area contributed by atoms with E-state index in [1.165, 1.54) is 0 Å². The fraction of sp³-hybridized carbons (Fsp3) is 0.467. The quantitative estimate of drug-likeness (QED) is 0.835. The summed E-state index contributed by atoms with van der Waals surface area (Å²) in [5.41, 5.74) is 6.25. The Morgan fingerprint density at radius 2 is 2.09 bits per heavy atom. The monoisotopic (exact) mass is 341 g/mol. The highest BCUT2D eigenvalue weighted by molar-refractivity contribution is 5.86. The molecule has 2 amide bonds. The van der Waals surface area contributed by atoms with Gasteiger partial charge in [0.25, 0.3) is 0 Å². The van der Waals surface area contributed by atoms with Crippen molar-refractivity contribution in [1.29, 1.82) is 0 Å². The number of carbonyl (C=O) groups is 2. The summed E-state index contributed by atoms with van der Waals surface area (Å²) in [6.45, 7) is 0.795. The molecule has 7 nitrogen and oxygen atoms in total. The lowest BCUT2D eigenvalue weighted by Gasteiger charge is -2.25. The number of likely N-dealkylation sites (tertiary alicyclic amines) is 1. The molecule has 0 spiro atoms. The molecule has 1 atom stereocenters. The van der Waals surface area contributed by atoms with Crippen LogP contribution in [-0.2, 0) is 9.59 Å². The standard InChI is InChI=1S/C15H19N3O4.ClH/c16-7-14(19)17-8-15(20)18-5-1-2-11(18)10-3-4-12-13(6-10)22-9-21-12;/h3-4,6,11H,1-2,5,7-9,16H2,(H,17,19);1H. The van der Waals surface area contributed by atoms with Gasteiger partial charge in [0.05, 0.1) is 19.1 Å². The van der Waals surface area contributed by atoms with E-state index in [0.717, 1.165) is 24.2 Å². The van der Waals surface area contributed by atoms with Crippen LogP contribution in [0.2, 0.25) is 0 Å². The van der Waals surface area contributed by atoms with E-state index >= 15 is 0 Å². The van der Waals surface area contributed by atoms with Crippen molar-refractivity contribution in [3.8, 4) is 11.5 Å². The van der Waals surface area contributed by atoms with E-state index in [1.807, 2.05) is 18.2 Å². The summed E-state index contributed by atoms with van der Waals surface area (Å²) in [7, 11) is 0. The van der Waals surface area contributed by atoms with E-state index in [4.69, 9.17) is 15.2 Å². The molecule has 1 aromatic carbocycles. The smallest absolute Gasteiger partial charge is 0.242 e. The number of nitrogens with one attached hydrogen (secondary N) is 1. The Kier molecular flexibility index (Phi) is 5.68. The number of nitrogens with zero attached hydrogens (tertiary/aromatic N) is 1. The van der Waals surface area contributed by atoms with Crippen molar-refractivity contribution in [3.05, 3.63) is 23.8 Å². The number of hydrogen-bond acceptors (Lipinski definition) is 5. The average Bonchev–Trinajstić information content (AvgIpc) is 3.19. The van der Waals surface area contributed by atoms with Crippen LogP contribution in [0.3, 0.4) is 0 Å². The van der Waals surface area contributed by atoms with Gasteiger partial charge in [0.2, 0.25) is 18.6 Å². The molecule has 1 saturated heterocycles. The normalized spacial score (nSPS) is 18.5.